The Kier molecular flexibility index (Phi) is 8.33. The first-order chi connectivity index (χ1) is 14.2. The van der Waals surface area contributed by atoms with Crippen molar-refractivity contribution in [3.63, 3.8) is 0 Å². The van der Waals surface area contributed by atoms with Crippen LogP contribution >= 0.6 is 11.8 Å². The fourth-order valence-corrected chi connectivity index (χ4v) is 6.42. The van der Waals surface area contributed by atoms with Crippen LogP contribution in [0.25, 0.3) is 0 Å². The molecule has 0 nitrogen and oxygen atoms in total. The van der Waals surface area contributed by atoms with Crippen LogP contribution in [0.1, 0.15) is 22.3 Å². The van der Waals surface area contributed by atoms with Crippen LogP contribution in [0, 0.1) is 23.3 Å². The molecule has 0 spiro atoms. The molecule has 0 saturated carbocycles. The molecule has 0 aliphatic rings. The molecule has 2 aromatic rings. The van der Waals surface area contributed by atoms with Gasteiger partial charge >= 0.3 is 6.18 Å². The SMILES string of the molecule is C[Si](C)(C)C#Cc1ccc(C#Cc2ccc(SCC[Si](C)(C)C)cc2)c(C(F)(F)F)c1. The minimum atomic E-state index is -4.47. The molecule has 31 heavy (non-hydrogen) atoms. The van der Waals surface area contributed by atoms with Gasteiger partial charge in [-0.25, -0.2) is 0 Å². The Morgan fingerprint density at radius 3 is 1.97 bits per heavy atom. The van der Waals surface area contributed by atoms with Crippen molar-refractivity contribution in [1.82, 2.24) is 0 Å². The maximum absolute atomic E-state index is 13.6. The Morgan fingerprint density at radius 2 is 1.42 bits per heavy atom. The maximum atomic E-state index is 13.6. The lowest BCUT2D eigenvalue weighted by Crippen LogP contribution is -2.19. The first-order valence-electron chi connectivity index (χ1n) is 10.2. The highest BCUT2D eigenvalue weighted by Crippen LogP contribution is 2.32. The Bertz CT molecular complexity index is 1020. The van der Waals surface area contributed by atoms with Gasteiger partial charge in [0, 0.05) is 29.7 Å². The van der Waals surface area contributed by atoms with Crippen molar-refractivity contribution < 1.29 is 13.2 Å². The molecule has 0 N–H and O–H groups in total. The number of thioether (sulfide) groups is 1. The molecule has 0 fully saturated rings. The molecule has 0 saturated heterocycles. The van der Waals surface area contributed by atoms with E-state index in [0.29, 0.717) is 11.1 Å². The zero-order valence-corrected chi connectivity index (χ0v) is 21.8. The van der Waals surface area contributed by atoms with Gasteiger partial charge in [-0.2, -0.15) is 13.2 Å². The van der Waals surface area contributed by atoms with E-state index < -0.39 is 27.9 Å². The van der Waals surface area contributed by atoms with E-state index >= 15 is 0 Å². The van der Waals surface area contributed by atoms with Crippen molar-refractivity contribution in [2.45, 2.75) is 56.4 Å². The highest BCUT2D eigenvalue weighted by atomic mass is 32.2. The van der Waals surface area contributed by atoms with E-state index in [1.807, 2.05) is 36.0 Å². The highest BCUT2D eigenvalue weighted by molar-refractivity contribution is 7.99. The Morgan fingerprint density at radius 1 is 0.806 bits per heavy atom. The van der Waals surface area contributed by atoms with Gasteiger partial charge in [0.2, 0.25) is 0 Å². The number of hydrogen-bond donors (Lipinski definition) is 0. The van der Waals surface area contributed by atoms with Crippen LogP contribution in [0.2, 0.25) is 45.3 Å². The summed E-state index contributed by atoms with van der Waals surface area (Å²) in [5.41, 5.74) is 3.42. The summed E-state index contributed by atoms with van der Waals surface area (Å²) in [7, 11) is -2.72. The normalized spacial score (nSPS) is 11.9. The van der Waals surface area contributed by atoms with Gasteiger partial charge in [0.15, 0.2) is 0 Å². The van der Waals surface area contributed by atoms with E-state index in [9.17, 15) is 13.2 Å². The number of rotatable bonds is 4. The van der Waals surface area contributed by atoms with Gasteiger partial charge in [-0.05, 0) is 54.3 Å². The van der Waals surface area contributed by atoms with E-state index in [1.54, 1.807) is 6.07 Å². The number of hydrogen-bond acceptors (Lipinski definition) is 1. The molecule has 0 bridgehead atoms. The lowest BCUT2D eigenvalue weighted by atomic mass is 10.0. The standard InChI is InChI=1S/C25H29F3SSi2/c1-30(2,3)17-15-21-8-12-22(24(19-21)25(26,27)28)11-7-20-9-13-23(14-10-20)29-16-18-31(4,5)6/h8-10,12-14,19H,16,18H2,1-6H3. The smallest absolute Gasteiger partial charge is 0.166 e. The van der Waals surface area contributed by atoms with Crippen molar-refractivity contribution in [2.24, 2.45) is 0 Å². The summed E-state index contributed by atoms with van der Waals surface area (Å²) in [4.78, 5) is 1.16. The summed E-state index contributed by atoms with van der Waals surface area (Å²) < 4.78 is 40.7. The summed E-state index contributed by atoms with van der Waals surface area (Å²) >= 11 is 1.81. The van der Waals surface area contributed by atoms with E-state index in [1.165, 1.54) is 12.1 Å². The molecule has 6 heteroatoms. The first-order valence-corrected chi connectivity index (χ1v) is 18.4. The molecule has 0 heterocycles. The average Bonchev–Trinajstić information content (AvgIpc) is 2.63. The van der Waals surface area contributed by atoms with Crippen molar-refractivity contribution in [3.8, 4) is 23.3 Å². The fourth-order valence-electron chi connectivity index (χ4n) is 2.47. The van der Waals surface area contributed by atoms with Crippen LogP contribution in [0.4, 0.5) is 13.2 Å². The average molecular weight is 475 g/mol. The lowest BCUT2D eigenvalue weighted by Gasteiger charge is -2.14. The zero-order valence-electron chi connectivity index (χ0n) is 19.0. The highest BCUT2D eigenvalue weighted by Gasteiger charge is 2.33. The van der Waals surface area contributed by atoms with Gasteiger partial charge in [0.05, 0.1) is 5.56 Å². The Balaban J connectivity index is 2.22. The third-order valence-corrected chi connectivity index (χ3v) is 8.22. The summed E-state index contributed by atoms with van der Waals surface area (Å²) in [6.45, 7) is 13.2. The van der Waals surface area contributed by atoms with Crippen LogP contribution < -0.4 is 0 Å². The molecule has 0 aromatic heterocycles. The third-order valence-electron chi connectivity index (χ3n) is 4.22. The molecule has 0 unspecified atom stereocenters. The number of benzene rings is 2. The molecular weight excluding hydrogens is 446 g/mol. The Labute approximate surface area is 191 Å². The molecule has 2 rings (SSSR count). The summed E-state index contributed by atoms with van der Waals surface area (Å²) in [5, 5.41) is 0. The van der Waals surface area contributed by atoms with Crippen LogP contribution in [0.3, 0.4) is 0 Å². The minimum Gasteiger partial charge on any atom is -0.166 e. The first kappa shape index (κ1) is 25.4. The van der Waals surface area contributed by atoms with Crippen molar-refractivity contribution in [3.05, 3.63) is 64.7 Å². The summed E-state index contributed by atoms with van der Waals surface area (Å²) in [5.74, 6) is 9.56. The maximum Gasteiger partial charge on any atom is 0.417 e. The largest absolute Gasteiger partial charge is 0.417 e. The third kappa shape index (κ3) is 9.43. The van der Waals surface area contributed by atoms with E-state index in [2.05, 4.69) is 62.6 Å². The van der Waals surface area contributed by atoms with Gasteiger partial charge in [-0.1, -0.05) is 57.0 Å². The van der Waals surface area contributed by atoms with Gasteiger partial charge in [-0.15, -0.1) is 17.3 Å². The predicted octanol–water partition coefficient (Wildman–Crippen LogP) is 7.76. The van der Waals surface area contributed by atoms with Crippen molar-refractivity contribution in [2.75, 3.05) is 5.75 Å². The van der Waals surface area contributed by atoms with E-state index in [4.69, 9.17) is 0 Å². The van der Waals surface area contributed by atoms with Gasteiger partial charge in [0.25, 0.3) is 0 Å². The molecule has 0 amide bonds. The second-order valence-corrected chi connectivity index (χ2v) is 21.2. The van der Waals surface area contributed by atoms with Crippen LogP contribution in [-0.4, -0.2) is 21.9 Å². The molecular formula is C25H29F3SSi2. The minimum absolute atomic E-state index is 0.0281. The monoisotopic (exact) mass is 474 g/mol. The van der Waals surface area contributed by atoms with E-state index in [0.717, 1.165) is 16.7 Å². The second-order valence-electron chi connectivity index (χ2n) is 9.69. The molecule has 164 valence electrons. The van der Waals surface area contributed by atoms with Crippen LogP contribution in [0.5, 0.6) is 0 Å². The molecule has 0 radical (unpaired) electrons. The molecule has 0 aliphatic carbocycles. The number of halogens is 3. The fraction of sp³-hybridized carbons (Fsp3) is 0.360. The van der Waals surface area contributed by atoms with Crippen molar-refractivity contribution in [1.29, 1.82) is 0 Å². The molecule has 2 aromatic carbocycles. The lowest BCUT2D eigenvalue weighted by molar-refractivity contribution is -0.137. The van der Waals surface area contributed by atoms with Gasteiger partial charge in [0.1, 0.15) is 8.07 Å². The number of alkyl halides is 3. The van der Waals surface area contributed by atoms with Crippen LogP contribution in [-0.2, 0) is 6.18 Å². The Hall–Kier alpha value is -1.87. The van der Waals surface area contributed by atoms with Gasteiger partial charge in [-0.3, -0.25) is 0 Å². The van der Waals surface area contributed by atoms with Crippen LogP contribution in [0.15, 0.2) is 47.4 Å². The topological polar surface area (TPSA) is 0 Å². The molecule has 0 aliphatic heterocycles. The van der Waals surface area contributed by atoms with Gasteiger partial charge < -0.3 is 0 Å². The summed E-state index contributed by atoms with van der Waals surface area (Å²) in [6, 6.07) is 13.1. The second kappa shape index (κ2) is 10.2. The zero-order chi connectivity index (χ0) is 23.3. The quantitative estimate of drug-likeness (QED) is 0.248. The molecule has 0 atom stereocenters. The predicted molar refractivity (Wildman–Crippen MR) is 133 cm³/mol. The summed E-state index contributed by atoms with van der Waals surface area (Å²) in [6.07, 6.45) is -4.47. The van der Waals surface area contributed by atoms with Crippen molar-refractivity contribution >= 4 is 27.9 Å². The van der Waals surface area contributed by atoms with E-state index in [-0.39, 0.29) is 5.56 Å².